The van der Waals surface area contributed by atoms with Crippen molar-refractivity contribution in [1.82, 2.24) is 9.88 Å². The van der Waals surface area contributed by atoms with Crippen LogP contribution in [0.3, 0.4) is 0 Å². The van der Waals surface area contributed by atoms with Gasteiger partial charge in [0.25, 0.3) is 0 Å². The molecule has 0 radical (unpaired) electrons. The number of aromatic nitrogens is 1. The van der Waals surface area contributed by atoms with Crippen molar-refractivity contribution in [3.8, 4) is 0 Å². The number of amides is 2. The minimum absolute atomic E-state index is 0. The Morgan fingerprint density at radius 1 is 1.26 bits per heavy atom. The Morgan fingerprint density at radius 2 is 1.96 bits per heavy atom. The summed E-state index contributed by atoms with van der Waals surface area (Å²) in [4.78, 5) is 31.5. The van der Waals surface area contributed by atoms with E-state index in [4.69, 9.17) is 5.73 Å². The Morgan fingerprint density at radius 3 is 2.59 bits per heavy atom. The standard InChI is InChI=1S/C20H24N4O2.ClH/c1-3-13(2)20(26)24-12-15-7-5-4-6-14(15)10-17(24)19(25)23-16-8-9-18(21)22-11-16;/h4-9,11,13,17H,3,10,12H2,1-2H3,(H2,21,22)(H,23,25);1H. The van der Waals surface area contributed by atoms with E-state index in [0.717, 1.165) is 17.5 Å². The molecule has 6 nitrogen and oxygen atoms in total. The highest BCUT2D eigenvalue weighted by Gasteiger charge is 2.35. The van der Waals surface area contributed by atoms with Crippen LogP contribution in [-0.4, -0.2) is 27.7 Å². The number of benzene rings is 1. The molecule has 0 saturated carbocycles. The first-order valence-electron chi connectivity index (χ1n) is 8.89. The van der Waals surface area contributed by atoms with Gasteiger partial charge in [-0.05, 0) is 29.7 Å². The van der Waals surface area contributed by atoms with E-state index in [-0.39, 0.29) is 30.1 Å². The fourth-order valence-corrected chi connectivity index (χ4v) is 3.15. The number of carbonyl (C=O) groups is 2. The molecule has 0 spiro atoms. The van der Waals surface area contributed by atoms with Crippen LogP contribution < -0.4 is 11.1 Å². The number of fused-ring (bicyclic) bond motifs is 1. The molecule has 1 aliphatic rings. The van der Waals surface area contributed by atoms with E-state index < -0.39 is 6.04 Å². The summed E-state index contributed by atoms with van der Waals surface area (Å²) in [5.41, 5.74) is 8.36. The molecular formula is C20H25ClN4O2. The third-order valence-corrected chi connectivity index (χ3v) is 4.92. The lowest BCUT2D eigenvalue weighted by Crippen LogP contribution is -2.52. The minimum Gasteiger partial charge on any atom is -0.384 e. The number of nitrogen functional groups attached to an aromatic ring is 1. The summed E-state index contributed by atoms with van der Waals surface area (Å²) >= 11 is 0. The van der Waals surface area contributed by atoms with Gasteiger partial charge < -0.3 is 16.0 Å². The molecular weight excluding hydrogens is 364 g/mol. The lowest BCUT2D eigenvalue weighted by Gasteiger charge is -2.37. The predicted molar refractivity (Wildman–Crippen MR) is 108 cm³/mol. The number of halogens is 1. The molecule has 2 unspecified atom stereocenters. The van der Waals surface area contributed by atoms with Crippen LogP contribution in [0, 0.1) is 5.92 Å². The largest absolute Gasteiger partial charge is 0.384 e. The maximum atomic E-state index is 12.9. The van der Waals surface area contributed by atoms with Crippen LogP contribution in [0.2, 0.25) is 0 Å². The van der Waals surface area contributed by atoms with E-state index in [1.165, 1.54) is 6.20 Å². The van der Waals surface area contributed by atoms with Gasteiger partial charge in [-0.2, -0.15) is 0 Å². The Labute approximate surface area is 165 Å². The SMILES string of the molecule is CCC(C)C(=O)N1Cc2ccccc2CC1C(=O)Nc1ccc(N)nc1.Cl. The fourth-order valence-electron chi connectivity index (χ4n) is 3.15. The van der Waals surface area contributed by atoms with Gasteiger partial charge in [0.15, 0.2) is 0 Å². The first-order chi connectivity index (χ1) is 12.5. The number of anilines is 2. The summed E-state index contributed by atoms with van der Waals surface area (Å²) in [5.74, 6) is 0.0808. The lowest BCUT2D eigenvalue weighted by molar-refractivity contribution is -0.143. The van der Waals surface area contributed by atoms with Crippen molar-refractivity contribution < 1.29 is 9.59 Å². The van der Waals surface area contributed by atoms with Crippen molar-refractivity contribution in [3.05, 3.63) is 53.7 Å². The zero-order valence-corrected chi connectivity index (χ0v) is 16.3. The number of carbonyl (C=O) groups excluding carboxylic acids is 2. The van der Waals surface area contributed by atoms with Crippen LogP contribution in [0.4, 0.5) is 11.5 Å². The molecule has 27 heavy (non-hydrogen) atoms. The predicted octanol–water partition coefficient (Wildman–Crippen LogP) is 3.02. The second-order valence-electron chi connectivity index (χ2n) is 6.73. The topological polar surface area (TPSA) is 88.3 Å². The Kier molecular flexibility index (Phi) is 6.80. The summed E-state index contributed by atoms with van der Waals surface area (Å²) in [6.07, 6.45) is 2.77. The number of nitrogens with one attached hydrogen (secondary N) is 1. The summed E-state index contributed by atoms with van der Waals surface area (Å²) in [6, 6.07) is 10.8. The van der Waals surface area contributed by atoms with Crippen molar-refractivity contribution in [2.45, 2.75) is 39.3 Å². The third-order valence-electron chi connectivity index (χ3n) is 4.92. The maximum absolute atomic E-state index is 12.9. The molecule has 3 rings (SSSR count). The average molecular weight is 389 g/mol. The van der Waals surface area contributed by atoms with Crippen molar-refractivity contribution in [2.75, 3.05) is 11.1 Å². The first kappa shape index (κ1) is 20.7. The molecule has 2 atom stereocenters. The first-order valence-corrected chi connectivity index (χ1v) is 8.89. The van der Waals surface area contributed by atoms with Crippen molar-refractivity contribution >= 4 is 35.7 Å². The molecule has 0 fully saturated rings. The van der Waals surface area contributed by atoms with Crippen molar-refractivity contribution in [3.63, 3.8) is 0 Å². The summed E-state index contributed by atoms with van der Waals surface area (Å²) in [5, 5.41) is 2.86. The van der Waals surface area contributed by atoms with Crippen molar-refractivity contribution in [1.29, 1.82) is 0 Å². The van der Waals surface area contributed by atoms with Gasteiger partial charge in [0.2, 0.25) is 11.8 Å². The van der Waals surface area contributed by atoms with Gasteiger partial charge in [0.1, 0.15) is 11.9 Å². The smallest absolute Gasteiger partial charge is 0.247 e. The number of pyridine rings is 1. The van der Waals surface area contributed by atoms with Crippen LogP contribution >= 0.6 is 12.4 Å². The normalized spacial score (nSPS) is 16.7. The monoisotopic (exact) mass is 388 g/mol. The van der Waals surface area contributed by atoms with Crippen LogP contribution in [0.25, 0.3) is 0 Å². The number of hydrogen-bond donors (Lipinski definition) is 2. The van der Waals surface area contributed by atoms with Crippen LogP contribution in [-0.2, 0) is 22.6 Å². The Hall–Kier alpha value is -2.60. The van der Waals surface area contributed by atoms with Crippen LogP contribution in [0.15, 0.2) is 42.6 Å². The van der Waals surface area contributed by atoms with Gasteiger partial charge >= 0.3 is 0 Å². The van der Waals surface area contributed by atoms with Gasteiger partial charge in [-0.15, -0.1) is 12.4 Å². The molecule has 1 aromatic heterocycles. The van der Waals surface area contributed by atoms with Gasteiger partial charge in [0.05, 0.1) is 11.9 Å². The van der Waals surface area contributed by atoms with E-state index in [9.17, 15) is 9.59 Å². The maximum Gasteiger partial charge on any atom is 0.247 e. The van der Waals surface area contributed by atoms with Crippen molar-refractivity contribution in [2.24, 2.45) is 5.92 Å². The summed E-state index contributed by atoms with van der Waals surface area (Å²) < 4.78 is 0. The average Bonchev–Trinajstić information content (AvgIpc) is 2.67. The summed E-state index contributed by atoms with van der Waals surface area (Å²) in [6.45, 7) is 4.34. The number of hydrogen-bond acceptors (Lipinski definition) is 4. The number of rotatable bonds is 4. The fraction of sp³-hybridized carbons (Fsp3) is 0.350. The van der Waals surface area contributed by atoms with Gasteiger partial charge in [-0.25, -0.2) is 4.98 Å². The van der Waals surface area contributed by atoms with Gasteiger partial charge in [-0.1, -0.05) is 38.1 Å². The highest BCUT2D eigenvalue weighted by Crippen LogP contribution is 2.26. The molecule has 1 aliphatic heterocycles. The van der Waals surface area contributed by atoms with E-state index in [1.54, 1.807) is 17.0 Å². The molecule has 144 valence electrons. The number of nitrogens with zero attached hydrogens (tertiary/aromatic N) is 2. The lowest BCUT2D eigenvalue weighted by atomic mass is 9.92. The highest BCUT2D eigenvalue weighted by atomic mass is 35.5. The zero-order valence-electron chi connectivity index (χ0n) is 15.5. The minimum atomic E-state index is -0.538. The number of nitrogens with two attached hydrogens (primary N) is 1. The third kappa shape index (κ3) is 4.57. The molecule has 3 N–H and O–H groups in total. The molecule has 0 aliphatic carbocycles. The van der Waals surface area contributed by atoms with Gasteiger partial charge in [-0.3, -0.25) is 9.59 Å². The second kappa shape index (κ2) is 8.86. The molecule has 2 amide bonds. The zero-order chi connectivity index (χ0) is 18.7. The molecule has 7 heteroatoms. The molecule has 0 saturated heterocycles. The summed E-state index contributed by atoms with van der Waals surface area (Å²) in [7, 11) is 0. The molecule has 2 aromatic rings. The van der Waals surface area contributed by atoms with Crippen LogP contribution in [0.5, 0.6) is 0 Å². The Balaban J connectivity index is 0.00000261. The van der Waals surface area contributed by atoms with E-state index >= 15 is 0 Å². The molecule has 0 bridgehead atoms. The van der Waals surface area contributed by atoms with E-state index in [2.05, 4.69) is 10.3 Å². The quantitative estimate of drug-likeness (QED) is 0.842. The molecule has 2 heterocycles. The van der Waals surface area contributed by atoms with E-state index in [0.29, 0.717) is 24.5 Å². The second-order valence-corrected chi connectivity index (χ2v) is 6.73. The van der Waals surface area contributed by atoms with Crippen LogP contribution in [0.1, 0.15) is 31.4 Å². The Bertz CT molecular complexity index is 810. The van der Waals surface area contributed by atoms with Gasteiger partial charge in [0, 0.05) is 18.9 Å². The molecule has 1 aromatic carbocycles. The highest BCUT2D eigenvalue weighted by molar-refractivity contribution is 5.97. The van der Waals surface area contributed by atoms with E-state index in [1.807, 2.05) is 38.1 Å².